The maximum Gasteiger partial charge on any atom is 0.174 e. The molecule has 0 saturated carbocycles. The fourth-order valence-electron chi connectivity index (χ4n) is 3.26. The van der Waals surface area contributed by atoms with Crippen LogP contribution in [0.5, 0.6) is 0 Å². The zero-order chi connectivity index (χ0) is 19.9. The minimum absolute atomic E-state index is 0.151. The molecule has 0 aliphatic carbocycles. The third-order valence-electron chi connectivity index (χ3n) is 4.70. The lowest BCUT2D eigenvalue weighted by Crippen LogP contribution is -2.25. The maximum absolute atomic E-state index is 14.9. The second-order valence-corrected chi connectivity index (χ2v) is 7.05. The van der Waals surface area contributed by atoms with E-state index >= 15 is 0 Å². The van der Waals surface area contributed by atoms with Gasteiger partial charge in [-0.05, 0) is 50.3 Å². The normalized spacial score (nSPS) is 14.2. The van der Waals surface area contributed by atoms with Gasteiger partial charge in [-0.15, -0.1) is 0 Å². The molecule has 7 heteroatoms. The Kier molecular flexibility index (Phi) is 4.21. The highest BCUT2D eigenvalue weighted by Crippen LogP contribution is 2.31. The second kappa shape index (κ2) is 6.59. The Morgan fingerprint density at radius 1 is 1.21 bits per heavy atom. The van der Waals surface area contributed by atoms with Gasteiger partial charge < -0.3 is 10.0 Å². The topological polar surface area (TPSA) is 76.9 Å². The van der Waals surface area contributed by atoms with Crippen molar-refractivity contribution in [2.24, 2.45) is 4.99 Å². The molecule has 0 atom stereocenters. The number of pyridine rings is 1. The van der Waals surface area contributed by atoms with Crippen LogP contribution in [0.1, 0.15) is 30.7 Å². The van der Waals surface area contributed by atoms with E-state index in [1.165, 1.54) is 0 Å². The summed E-state index contributed by atoms with van der Waals surface area (Å²) in [6.45, 7) is 3.48. The summed E-state index contributed by atoms with van der Waals surface area (Å²) in [4.78, 5) is 10.5. The highest BCUT2D eigenvalue weighted by molar-refractivity contribution is 5.92. The number of aliphatic hydroxyl groups is 1. The average Bonchev–Trinajstić information content (AvgIpc) is 3.12. The Hall–Kier alpha value is -3.50. The number of allylic oxidation sites excluding steroid dienone is 1. The lowest BCUT2D eigenvalue weighted by atomic mass is 9.99. The number of benzene rings is 1. The average molecular weight is 375 g/mol. The molecule has 0 amide bonds. The van der Waals surface area contributed by atoms with E-state index in [2.05, 4.69) is 16.0 Å². The van der Waals surface area contributed by atoms with Crippen molar-refractivity contribution in [3.8, 4) is 6.07 Å². The summed E-state index contributed by atoms with van der Waals surface area (Å²) in [5.41, 5.74) is 1.99. The number of imidazole rings is 1. The number of nitrogens with zero attached hydrogens (tertiary/aromatic N) is 5. The summed E-state index contributed by atoms with van der Waals surface area (Å²) in [6.07, 6.45) is 6.86. The van der Waals surface area contributed by atoms with Gasteiger partial charge in [0.15, 0.2) is 11.5 Å². The van der Waals surface area contributed by atoms with Crippen molar-refractivity contribution < 1.29 is 9.50 Å². The molecule has 1 aliphatic heterocycles. The van der Waals surface area contributed by atoms with Crippen LogP contribution in [0.15, 0.2) is 53.8 Å². The molecule has 6 nitrogen and oxygen atoms in total. The molecule has 1 N–H and O–H groups in total. The summed E-state index contributed by atoms with van der Waals surface area (Å²) in [6, 6.07) is 10.9. The Morgan fingerprint density at radius 3 is 2.64 bits per heavy atom. The van der Waals surface area contributed by atoms with Crippen LogP contribution in [0, 0.1) is 17.1 Å². The zero-order valence-corrected chi connectivity index (χ0v) is 15.5. The smallest absolute Gasteiger partial charge is 0.174 e. The molecule has 1 aliphatic rings. The van der Waals surface area contributed by atoms with Crippen molar-refractivity contribution in [1.29, 1.82) is 5.26 Å². The van der Waals surface area contributed by atoms with E-state index in [1.807, 2.05) is 23.1 Å². The molecular formula is C21H18FN5O. The molecule has 1 aromatic carbocycles. The fraction of sp³-hybridized carbons (Fsp3) is 0.190. The van der Waals surface area contributed by atoms with E-state index in [0.29, 0.717) is 17.9 Å². The predicted octanol–water partition coefficient (Wildman–Crippen LogP) is 3.46. The quantitative estimate of drug-likeness (QED) is 0.761. The zero-order valence-electron chi connectivity index (χ0n) is 15.5. The van der Waals surface area contributed by atoms with Crippen LogP contribution in [0.3, 0.4) is 0 Å². The SMILES string of the molecule is CC(C)(O)c1ccn2c(C3=CC=NCN3c3ccc(C#N)cc3)cnc2c1F. The van der Waals surface area contributed by atoms with Crippen LogP contribution in [0.4, 0.5) is 10.1 Å². The fourth-order valence-corrected chi connectivity index (χ4v) is 3.26. The molecule has 0 radical (unpaired) electrons. The van der Waals surface area contributed by atoms with Crippen LogP contribution in [-0.4, -0.2) is 27.4 Å². The molecule has 4 rings (SSSR count). The van der Waals surface area contributed by atoms with Gasteiger partial charge in [0.1, 0.15) is 6.67 Å². The van der Waals surface area contributed by atoms with Crippen LogP contribution in [0.2, 0.25) is 0 Å². The molecule has 28 heavy (non-hydrogen) atoms. The lowest BCUT2D eigenvalue weighted by molar-refractivity contribution is 0.0746. The van der Waals surface area contributed by atoms with E-state index in [1.54, 1.807) is 55.1 Å². The van der Waals surface area contributed by atoms with Crippen molar-refractivity contribution in [3.63, 3.8) is 0 Å². The van der Waals surface area contributed by atoms with E-state index in [0.717, 1.165) is 11.4 Å². The third kappa shape index (κ3) is 2.94. The minimum atomic E-state index is -1.30. The molecule has 0 unspecified atom stereocenters. The van der Waals surface area contributed by atoms with Gasteiger partial charge in [0.25, 0.3) is 0 Å². The van der Waals surface area contributed by atoms with Crippen molar-refractivity contribution in [3.05, 3.63) is 71.4 Å². The second-order valence-electron chi connectivity index (χ2n) is 7.05. The lowest BCUT2D eigenvalue weighted by Gasteiger charge is -2.27. The summed E-state index contributed by atoms with van der Waals surface area (Å²) in [7, 11) is 0. The largest absolute Gasteiger partial charge is 0.386 e. The Morgan fingerprint density at radius 2 is 1.96 bits per heavy atom. The number of fused-ring (bicyclic) bond motifs is 1. The Bertz CT molecular complexity index is 1150. The van der Waals surface area contributed by atoms with Crippen molar-refractivity contribution >= 4 is 23.2 Å². The monoisotopic (exact) mass is 375 g/mol. The molecular weight excluding hydrogens is 357 g/mol. The van der Waals surface area contributed by atoms with Gasteiger partial charge in [-0.1, -0.05) is 0 Å². The van der Waals surface area contributed by atoms with E-state index in [-0.39, 0.29) is 11.2 Å². The molecule has 2 aromatic heterocycles. The van der Waals surface area contributed by atoms with Crippen LogP contribution in [-0.2, 0) is 5.60 Å². The van der Waals surface area contributed by atoms with Gasteiger partial charge in [-0.3, -0.25) is 9.39 Å². The first-order valence-corrected chi connectivity index (χ1v) is 8.77. The summed E-state index contributed by atoms with van der Waals surface area (Å²) in [5, 5.41) is 19.2. The molecule has 3 aromatic rings. The van der Waals surface area contributed by atoms with E-state index in [4.69, 9.17) is 5.26 Å². The summed E-state index contributed by atoms with van der Waals surface area (Å²) in [5.74, 6) is -0.545. The Balaban J connectivity index is 1.81. The molecule has 3 heterocycles. The first-order chi connectivity index (χ1) is 13.4. The number of aromatic nitrogens is 2. The van der Waals surface area contributed by atoms with Gasteiger partial charge in [-0.25, -0.2) is 9.37 Å². The first kappa shape index (κ1) is 17.9. The van der Waals surface area contributed by atoms with Gasteiger partial charge in [0.2, 0.25) is 0 Å². The maximum atomic E-state index is 14.9. The standard InChI is InChI=1S/C21H18FN5O/c1-21(2,28)16-8-10-26-18(12-25-20(26)19(16)22)17-7-9-24-13-27(17)15-5-3-14(11-23)4-6-15/h3-10,12,28H,13H2,1-2H3. The molecule has 140 valence electrons. The molecule has 0 fully saturated rings. The molecule has 0 saturated heterocycles. The Labute approximate surface area is 161 Å². The van der Waals surface area contributed by atoms with Crippen LogP contribution >= 0.6 is 0 Å². The van der Waals surface area contributed by atoms with Crippen LogP contribution in [0.25, 0.3) is 11.3 Å². The number of aliphatic imine (C=N–C) groups is 1. The summed E-state index contributed by atoms with van der Waals surface area (Å²) < 4.78 is 16.6. The highest BCUT2D eigenvalue weighted by Gasteiger charge is 2.25. The van der Waals surface area contributed by atoms with Crippen molar-refractivity contribution in [1.82, 2.24) is 9.38 Å². The first-order valence-electron chi connectivity index (χ1n) is 8.77. The predicted molar refractivity (Wildman–Crippen MR) is 105 cm³/mol. The van der Waals surface area contributed by atoms with Gasteiger partial charge in [-0.2, -0.15) is 5.26 Å². The van der Waals surface area contributed by atoms with Gasteiger partial charge in [0, 0.05) is 23.7 Å². The number of rotatable bonds is 3. The number of nitriles is 1. The van der Waals surface area contributed by atoms with Crippen LogP contribution < -0.4 is 4.90 Å². The van der Waals surface area contributed by atoms with E-state index in [9.17, 15) is 9.50 Å². The minimum Gasteiger partial charge on any atom is -0.386 e. The molecule has 0 spiro atoms. The molecule has 0 bridgehead atoms. The highest BCUT2D eigenvalue weighted by atomic mass is 19.1. The van der Waals surface area contributed by atoms with Gasteiger partial charge >= 0.3 is 0 Å². The number of anilines is 1. The van der Waals surface area contributed by atoms with Gasteiger partial charge in [0.05, 0.1) is 34.8 Å². The van der Waals surface area contributed by atoms with E-state index < -0.39 is 11.4 Å². The van der Waals surface area contributed by atoms with Crippen molar-refractivity contribution in [2.45, 2.75) is 19.4 Å². The number of halogens is 1. The number of hydrogen-bond acceptors (Lipinski definition) is 5. The third-order valence-corrected chi connectivity index (χ3v) is 4.70. The van der Waals surface area contributed by atoms with Crippen molar-refractivity contribution in [2.75, 3.05) is 11.6 Å². The number of hydrogen-bond donors (Lipinski definition) is 1. The summed E-state index contributed by atoms with van der Waals surface area (Å²) >= 11 is 0.